The average molecular weight is 275 g/mol. The zero-order valence-corrected chi connectivity index (χ0v) is 11.2. The van der Waals surface area contributed by atoms with E-state index in [1.165, 1.54) is 12.1 Å². The standard InChI is InChI=1S/C13H17N5O2/c1-2-5-18-8-16-17-12(18)7-15-11-6-9(13(19)20)3-4-10(11)14/h3-4,6,8,15H,2,5,7,14H2,1H3,(H,19,20). The summed E-state index contributed by atoms with van der Waals surface area (Å²) in [7, 11) is 0. The van der Waals surface area contributed by atoms with Gasteiger partial charge in [0.1, 0.15) is 6.33 Å². The summed E-state index contributed by atoms with van der Waals surface area (Å²) in [6.45, 7) is 3.35. The molecule has 0 amide bonds. The molecule has 0 saturated carbocycles. The van der Waals surface area contributed by atoms with Crippen molar-refractivity contribution in [1.29, 1.82) is 0 Å². The minimum Gasteiger partial charge on any atom is -0.478 e. The summed E-state index contributed by atoms with van der Waals surface area (Å²) >= 11 is 0. The normalized spacial score (nSPS) is 10.4. The molecule has 0 bridgehead atoms. The van der Waals surface area contributed by atoms with Gasteiger partial charge in [-0.25, -0.2) is 4.79 Å². The van der Waals surface area contributed by atoms with Gasteiger partial charge in [-0.05, 0) is 24.6 Å². The molecule has 106 valence electrons. The molecule has 0 aliphatic heterocycles. The van der Waals surface area contributed by atoms with E-state index in [9.17, 15) is 4.79 Å². The number of nitrogens with zero attached hydrogens (tertiary/aromatic N) is 3. The minimum atomic E-state index is -0.984. The number of carbonyl (C=O) groups is 1. The first-order valence-electron chi connectivity index (χ1n) is 6.35. The Morgan fingerprint density at radius 1 is 1.50 bits per heavy atom. The van der Waals surface area contributed by atoms with Crippen molar-refractivity contribution in [2.45, 2.75) is 26.4 Å². The van der Waals surface area contributed by atoms with E-state index in [0.29, 0.717) is 17.9 Å². The molecule has 0 radical (unpaired) electrons. The summed E-state index contributed by atoms with van der Waals surface area (Å²) in [5.41, 5.74) is 7.10. The predicted octanol–water partition coefficient (Wildman–Crippen LogP) is 1.58. The fraction of sp³-hybridized carbons (Fsp3) is 0.308. The van der Waals surface area contributed by atoms with E-state index in [1.807, 2.05) is 4.57 Å². The zero-order chi connectivity index (χ0) is 14.5. The van der Waals surface area contributed by atoms with E-state index in [4.69, 9.17) is 10.8 Å². The lowest BCUT2D eigenvalue weighted by Gasteiger charge is -2.10. The lowest BCUT2D eigenvalue weighted by molar-refractivity contribution is 0.0697. The van der Waals surface area contributed by atoms with Crippen LogP contribution in [-0.4, -0.2) is 25.8 Å². The second-order valence-electron chi connectivity index (χ2n) is 4.40. The van der Waals surface area contributed by atoms with E-state index in [0.717, 1.165) is 18.8 Å². The van der Waals surface area contributed by atoms with Gasteiger partial charge in [-0.2, -0.15) is 0 Å². The Hall–Kier alpha value is -2.57. The quantitative estimate of drug-likeness (QED) is 0.691. The molecule has 7 nitrogen and oxygen atoms in total. The van der Waals surface area contributed by atoms with Crippen molar-refractivity contribution in [2.75, 3.05) is 11.1 Å². The fourth-order valence-electron chi connectivity index (χ4n) is 1.86. The first kappa shape index (κ1) is 13.9. The van der Waals surface area contributed by atoms with Crippen molar-refractivity contribution in [3.05, 3.63) is 35.9 Å². The summed E-state index contributed by atoms with van der Waals surface area (Å²) in [5, 5.41) is 20.0. The molecule has 2 aromatic rings. The van der Waals surface area contributed by atoms with Crippen LogP contribution in [0.2, 0.25) is 0 Å². The van der Waals surface area contributed by atoms with Crippen LogP contribution in [0.25, 0.3) is 0 Å². The van der Waals surface area contributed by atoms with E-state index in [2.05, 4.69) is 22.4 Å². The number of nitrogen functional groups attached to an aromatic ring is 1. The van der Waals surface area contributed by atoms with Gasteiger partial charge in [-0.15, -0.1) is 10.2 Å². The van der Waals surface area contributed by atoms with Gasteiger partial charge in [-0.3, -0.25) is 0 Å². The summed E-state index contributed by atoms with van der Waals surface area (Å²) in [4.78, 5) is 10.9. The summed E-state index contributed by atoms with van der Waals surface area (Å²) in [6, 6.07) is 4.56. The van der Waals surface area contributed by atoms with Gasteiger partial charge in [-0.1, -0.05) is 6.92 Å². The highest BCUT2D eigenvalue weighted by atomic mass is 16.4. The van der Waals surface area contributed by atoms with Crippen molar-refractivity contribution < 1.29 is 9.90 Å². The summed E-state index contributed by atoms with van der Waals surface area (Å²) < 4.78 is 1.95. The highest BCUT2D eigenvalue weighted by molar-refractivity contribution is 5.90. The fourth-order valence-corrected chi connectivity index (χ4v) is 1.86. The smallest absolute Gasteiger partial charge is 0.335 e. The van der Waals surface area contributed by atoms with E-state index < -0.39 is 5.97 Å². The Bertz CT molecular complexity index is 609. The van der Waals surface area contributed by atoms with Gasteiger partial charge in [0.15, 0.2) is 5.82 Å². The van der Waals surface area contributed by atoms with Crippen molar-refractivity contribution in [3.63, 3.8) is 0 Å². The van der Waals surface area contributed by atoms with Crippen LogP contribution >= 0.6 is 0 Å². The molecule has 4 N–H and O–H groups in total. The maximum absolute atomic E-state index is 10.9. The molecule has 0 unspecified atom stereocenters. The number of rotatable bonds is 6. The number of aryl methyl sites for hydroxylation is 1. The SMILES string of the molecule is CCCn1cnnc1CNc1cc(C(=O)O)ccc1N. The van der Waals surface area contributed by atoms with Gasteiger partial charge in [0.05, 0.1) is 23.5 Å². The van der Waals surface area contributed by atoms with Crippen LogP contribution in [0.3, 0.4) is 0 Å². The van der Waals surface area contributed by atoms with Crippen LogP contribution in [0, 0.1) is 0 Å². The van der Waals surface area contributed by atoms with Gasteiger partial charge >= 0.3 is 5.97 Å². The minimum absolute atomic E-state index is 0.191. The number of nitrogens with two attached hydrogens (primary N) is 1. The number of hydrogen-bond acceptors (Lipinski definition) is 5. The first-order valence-corrected chi connectivity index (χ1v) is 6.35. The Labute approximate surface area is 116 Å². The largest absolute Gasteiger partial charge is 0.478 e. The molecule has 0 spiro atoms. The van der Waals surface area contributed by atoms with Crippen LogP contribution in [0.15, 0.2) is 24.5 Å². The molecule has 1 aromatic carbocycles. The molecule has 1 heterocycles. The van der Waals surface area contributed by atoms with Crippen molar-refractivity contribution >= 4 is 17.3 Å². The van der Waals surface area contributed by atoms with E-state index >= 15 is 0 Å². The van der Waals surface area contributed by atoms with Crippen molar-refractivity contribution in [1.82, 2.24) is 14.8 Å². The summed E-state index contributed by atoms with van der Waals surface area (Å²) in [5.74, 6) is -0.200. The lowest BCUT2D eigenvalue weighted by atomic mass is 10.1. The van der Waals surface area contributed by atoms with Crippen LogP contribution in [0.5, 0.6) is 0 Å². The number of nitrogens with one attached hydrogen (secondary N) is 1. The van der Waals surface area contributed by atoms with Crippen LogP contribution in [0.4, 0.5) is 11.4 Å². The highest BCUT2D eigenvalue weighted by Crippen LogP contribution is 2.20. The predicted molar refractivity (Wildman–Crippen MR) is 75.5 cm³/mol. The van der Waals surface area contributed by atoms with Crippen LogP contribution in [0.1, 0.15) is 29.5 Å². The first-order chi connectivity index (χ1) is 9.61. The molecular formula is C13H17N5O2. The third-order valence-corrected chi connectivity index (χ3v) is 2.90. The molecule has 0 aliphatic rings. The number of anilines is 2. The molecule has 2 rings (SSSR count). The van der Waals surface area contributed by atoms with Gasteiger partial charge < -0.3 is 20.7 Å². The number of hydrogen-bond donors (Lipinski definition) is 3. The van der Waals surface area contributed by atoms with Crippen LogP contribution < -0.4 is 11.1 Å². The Morgan fingerprint density at radius 3 is 3.00 bits per heavy atom. The van der Waals surface area contributed by atoms with Crippen LogP contribution in [-0.2, 0) is 13.1 Å². The van der Waals surface area contributed by atoms with Gasteiger partial charge in [0, 0.05) is 6.54 Å². The number of carboxylic acids is 1. The molecule has 1 aromatic heterocycles. The molecule has 0 fully saturated rings. The number of aromatic nitrogens is 3. The van der Waals surface area contributed by atoms with Gasteiger partial charge in [0.25, 0.3) is 0 Å². The topological polar surface area (TPSA) is 106 Å². The molecule has 0 atom stereocenters. The maximum Gasteiger partial charge on any atom is 0.335 e. The molecule has 0 aliphatic carbocycles. The highest BCUT2D eigenvalue weighted by Gasteiger charge is 2.08. The van der Waals surface area contributed by atoms with Gasteiger partial charge in [0.2, 0.25) is 0 Å². The second-order valence-corrected chi connectivity index (χ2v) is 4.40. The number of carboxylic acid groups (broad SMARTS) is 1. The van der Waals surface area contributed by atoms with E-state index in [-0.39, 0.29) is 5.56 Å². The lowest BCUT2D eigenvalue weighted by Crippen LogP contribution is -2.10. The monoisotopic (exact) mass is 275 g/mol. The number of aromatic carboxylic acids is 1. The Kier molecular flexibility index (Phi) is 4.19. The Morgan fingerprint density at radius 2 is 2.30 bits per heavy atom. The third kappa shape index (κ3) is 3.05. The van der Waals surface area contributed by atoms with E-state index in [1.54, 1.807) is 12.4 Å². The van der Waals surface area contributed by atoms with Crippen molar-refractivity contribution in [3.8, 4) is 0 Å². The maximum atomic E-state index is 10.9. The second kappa shape index (κ2) is 6.05. The molecule has 20 heavy (non-hydrogen) atoms. The Balaban J connectivity index is 2.12. The average Bonchev–Trinajstić information content (AvgIpc) is 2.85. The molecular weight excluding hydrogens is 258 g/mol. The molecule has 0 saturated heterocycles. The number of benzene rings is 1. The van der Waals surface area contributed by atoms with Crippen molar-refractivity contribution in [2.24, 2.45) is 0 Å². The molecule has 7 heteroatoms. The third-order valence-electron chi connectivity index (χ3n) is 2.90. The summed E-state index contributed by atoms with van der Waals surface area (Å²) in [6.07, 6.45) is 2.67. The zero-order valence-electron chi connectivity index (χ0n) is 11.2.